The summed E-state index contributed by atoms with van der Waals surface area (Å²) >= 11 is 0. The van der Waals surface area contributed by atoms with Crippen LogP contribution in [0, 0.1) is 5.92 Å². The molecule has 1 aliphatic carbocycles. The van der Waals surface area contributed by atoms with Crippen molar-refractivity contribution in [3.8, 4) is 23.0 Å². The average molecular weight is 470 g/mol. The Labute approximate surface area is 201 Å². The number of nitrogens with one attached hydrogen (secondary N) is 1. The highest BCUT2D eigenvalue weighted by atomic mass is 16.7. The van der Waals surface area contributed by atoms with Gasteiger partial charge in [0.15, 0.2) is 11.5 Å². The lowest BCUT2D eigenvalue weighted by molar-refractivity contribution is -0.123. The van der Waals surface area contributed by atoms with E-state index < -0.39 is 6.10 Å². The Balaban J connectivity index is 1.37. The summed E-state index contributed by atoms with van der Waals surface area (Å²) in [5, 5.41) is 14.4. The number of hydrogen-bond acceptors (Lipinski definition) is 6. The molecule has 1 fully saturated rings. The third kappa shape index (κ3) is 6.56. The zero-order chi connectivity index (χ0) is 23.8. The standard InChI is InChI=1S/C27H35NO6/c1-31-21-9-11-22(12-10-21)32-15-14-26(29)28-23(16-19-6-4-2-3-5-7-19)27(30)20-8-13-24-25(17-20)34-18-33-24/h8-13,17,19,23,27,30H,2-7,14-16,18H2,1H3,(H,28,29)/t23-,27-/m1/s1. The van der Waals surface area contributed by atoms with Crippen LogP contribution < -0.4 is 24.3 Å². The number of benzene rings is 2. The first-order valence-corrected chi connectivity index (χ1v) is 12.3. The van der Waals surface area contributed by atoms with Gasteiger partial charge in [0.25, 0.3) is 0 Å². The van der Waals surface area contributed by atoms with Crippen LogP contribution in [-0.2, 0) is 4.79 Å². The van der Waals surface area contributed by atoms with Gasteiger partial charge < -0.3 is 29.4 Å². The SMILES string of the molecule is COc1ccc(OCCC(=O)N[C@H](CC2CCCCCC2)[C@H](O)c2ccc3c(c2)OCO3)cc1. The summed E-state index contributed by atoms with van der Waals surface area (Å²) in [5.74, 6) is 3.10. The number of aliphatic hydroxyl groups excluding tert-OH is 1. The first-order valence-electron chi connectivity index (χ1n) is 12.3. The summed E-state index contributed by atoms with van der Waals surface area (Å²) in [7, 11) is 1.61. The minimum Gasteiger partial charge on any atom is -0.497 e. The van der Waals surface area contributed by atoms with Crippen molar-refractivity contribution in [3.63, 3.8) is 0 Å². The second-order valence-electron chi connectivity index (χ2n) is 9.10. The fourth-order valence-corrected chi connectivity index (χ4v) is 4.77. The van der Waals surface area contributed by atoms with Crippen LogP contribution >= 0.6 is 0 Å². The Morgan fingerprint density at radius 2 is 1.74 bits per heavy atom. The molecule has 0 bridgehead atoms. The van der Waals surface area contributed by atoms with E-state index in [0.29, 0.717) is 23.2 Å². The van der Waals surface area contributed by atoms with Gasteiger partial charge in [-0.2, -0.15) is 0 Å². The van der Waals surface area contributed by atoms with Gasteiger partial charge in [0, 0.05) is 0 Å². The molecule has 0 radical (unpaired) electrons. The molecule has 34 heavy (non-hydrogen) atoms. The molecule has 2 aromatic carbocycles. The number of carbonyl (C=O) groups excluding carboxylic acids is 1. The number of carbonyl (C=O) groups is 1. The molecule has 1 amide bonds. The van der Waals surface area contributed by atoms with Crippen molar-refractivity contribution >= 4 is 5.91 Å². The van der Waals surface area contributed by atoms with Crippen LogP contribution in [0.2, 0.25) is 0 Å². The van der Waals surface area contributed by atoms with Gasteiger partial charge in [-0.05, 0) is 54.3 Å². The van der Waals surface area contributed by atoms with Crippen molar-refractivity contribution < 1.29 is 28.8 Å². The normalized spacial score (nSPS) is 17.5. The summed E-state index contributed by atoms with van der Waals surface area (Å²) < 4.78 is 21.7. The number of methoxy groups -OCH3 is 1. The van der Waals surface area contributed by atoms with E-state index in [1.54, 1.807) is 7.11 Å². The summed E-state index contributed by atoms with van der Waals surface area (Å²) in [5.41, 5.74) is 0.720. The van der Waals surface area contributed by atoms with E-state index in [4.69, 9.17) is 18.9 Å². The molecule has 1 aliphatic heterocycles. The van der Waals surface area contributed by atoms with Crippen LogP contribution in [0.5, 0.6) is 23.0 Å². The number of rotatable bonds is 10. The molecule has 1 heterocycles. The lowest BCUT2D eigenvalue weighted by Crippen LogP contribution is -2.41. The highest BCUT2D eigenvalue weighted by molar-refractivity contribution is 5.76. The van der Waals surface area contributed by atoms with E-state index >= 15 is 0 Å². The fraction of sp³-hybridized carbons (Fsp3) is 0.519. The lowest BCUT2D eigenvalue weighted by Gasteiger charge is -2.28. The maximum absolute atomic E-state index is 12.8. The average Bonchev–Trinajstić information content (AvgIpc) is 3.18. The second-order valence-corrected chi connectivity index (χ2v) is 9.10. The van der Waals surface area contributed by atoms with Gasteiger partial charge in [-0.25, -0.2) is 0 Å². The van der Waals surface area contributed by atoms with Crippen molar-refractivity contribution in [2.75, 3.05) is 20.5 Å². The molecule has 184 valence electrons. The summed E-state index contributed by atoms with van der Waals surface area (Å²) in [4.78, 5) is 12.8. The van der Waals surface area contributed by atoms with Gasteiger partial charge in [-0.15, -0.1) is 0 Å². The topological polar surface area (TPSA) is 86.3 Å². The molecule has 2 aliphatic rings. The molecular formula is C27H35NO6. The molecule has 0 aromatic heterocycles. The van der Waals surface area contributed by atoms with Crippen molar-refractivity contribution in [2.24, 2.45) is 5.92 Å². The Kier molecular flexibility index (Phi) is 8.52. The van der Waals surface area contributed by atoms with Crippen LogP contribution in [0.1, 0.15) is 63.0 Å². The van der Waals surface area contributed by atoms with Crippen molar-refractivity contribution in [2.45, 2.75) is 63.5 Å². The van der Waals surface area contributed by atoms with Crippen molar-refractivity contribution in [1.29, 1.82) is 0 Å². The molecule has 0 spiro atoms. The minimum atomic E-state index is -0.829. The van der Waals surface area contributed by atoms with Crippen LogP contribution in [0.15, 0.2) is 42.5 Å². The molecule has 7 heteroatoms. The molecule has 2 N–H and O–H groups in total. The second kappa shape index (κ2) is 12.0. The number of amides is 1. The van der Waals surface area contributed by atoms with E-state index in [0.717, 1.165) is 30.6 Å². The largest absolute Gasteiger partial charge is 0.497 e. The van der Waals surface area contributed by atoms with Gasteiger partial charge in [0.05, 0.1) is 32.3 Å². The van der Waals surface area contributed by atoms with E-state index in [2.05, 4.69) is 5.32 Å². The smallest absolute Gasteiger partial charge is 0.231 e. The van der Waals surface area contributed by atoms with E-state index in [9.17, 15) is 9.90 Å². The fourth-order valence-electron chi connectivity index (χ4n) is 4.77. The lowest BCUT2D eigenvalue weighted by atomic mass is 9.88. The molecule has 2 aromatic rings. The molecule has 0 saturated heterocycles. The highest BCUT2D eigenvalue weighted by Gasteiger charge is 2.28. The number of hydrogen-bond donors (Lipinski definition) is 2. The van der Waals surface area contributed by atoms with Gasteiger partial charge in [0.2, 0.25) is 12.7 Å². The van der Waals surface area contributed by atoms with E-state index in [-0.39, 0.29) is 31.8 Å². The number of aliphatic hydroxyl groups is 1. The molecule has 4 rings (SSSR count). The Morgan fingerprint density at radius 3 is 2.47 bits per heavy atom. The summed E-state index contributed by atoms with van der Waals surface area (Å²) in [6.45, 7) is 0.444. The first kappa shape index (κ1) is 24.2. The van der Waals surface area contributed by atoms with Crippen molar-refractivity contribution in [1.82, 2.24) is 5.32 Å². The van der Waals surface area contributed by atoms with Crippen LogP contribution in [0.25, 0.3) is 0 Å². The third-order valence-electron chi connectivity index (χ3n) is 6.68. The molecule has 0 unspecified atom stereocenters. The maximum atomic E-state index is 12.8. The van der Waals surface area contributed by atoms with Gasteiger partial charge >= 0.3 is 0 Å². The van der Waals surface area contributed by atoms with Gasteiger partial charge in [-0.3, -0.25) is 4.79 Å². The predicted octanol–water partition coefficient (Wildman–Crippen LogP) is 4.77. The summed E-state index contributed by atoms with van der Waals surface area (Å²) in [6, 6.07) is 12.4. The Bertz CT molecular complexity index is 923. The van der Waals surface area contributed by atoms with E-state index in [1.807, 2.05) is 42.5 Å². The Hall–Kier alpha value is -2.93. The molecule has 1 saturated carbocycles. The van der Waals surface area contributed by atoms with Crippen LogP contribution in [0.4, 0.5) is 0 Å². The number of ether oxygens (including phenoxy) is 4. The monoisotopic (exact) mass is 469 g/mol. The van der Waals surface area contributed by atoms with Crippen LogP contribution in [-0.4, -0.2) is 37.6 Å². The predicted molar refractivity (Wildman–Crippen MR) is 128 cm³/mol. The van der Waals surface area contributed by atoms with Gasteiger partial charge in [0.1, 0.15) is 11.5 Å². The maximum Gasteiger partial charge on any atom is 0.231 e. The van der Waals surface area contributed by atoms with Gasteiger partial charge in [-0.1, -0.05) is 44.6 Å². The van der Waals surface area contributed by atoms with E-state index in [1.165, 1.54) is 25.7 Å². The zero-order valence-corrected chi connectivity index (χ0v) is 19.8. The third-order valence-corrected chi connectivity index (χ3v) is 6.68. The van der Waals surface area contributed by atoms with Crippen LogP contribution in [0.3, 0.4) is 0 Å². The highest BCUT2D eigenvalue weighted by Crippen LogP contribution is 2.36. The molecule has 2 atom stereocenters. The zero-order valence-electron chi connectivity index (χ0n) is 19.8. The molecule has 7 nitrogen and oxygen atoms in total. The number of fused-ring (bicyclic) bond motifs is 1. The summed E-state index contributed by atoms with van der Waals surface area (Å²) in [6.07, 6.45) is 7.36. The molecular weight excluding hydrogens is 434 g/mol. The Morgan fingerprint density at radius 1 is 1.03 bits per heavy atom. The quantitative estimate of drug-likeness (QED) is 0.488. The van der Waals surface area contributed by atoms with Crippen molar-refractivity contribution in [3.05, 3.63) is 48.0 Å². The minimum absolute atomic E-state index is 0.132. The first-order chi connectivity index (χ1) is 16.6.